The van der Waals surface area contributed by atoms with Gasteiger partial charge in [0.05, 0.1) is 13.0 Å². The fourth-order valence-corrected chi connectivity index (χ4v) is 4.76. The number of thiophene rings is 1. The Morgan fingerprint density at radius 2 is 1.87 bits per heavy atom. The fourth-order valence-electron chi connectivity index (χ4n) is 4.07. The number of aliphatic carboxylic acids is 1. The molecule has 2 fully saturated rings. The molecule has 1 aromatic carbocycles. The molecule has 2 aliphatic heterocycles. The molecule has 1 aromatic heterocycles. The van der Waals surface area contributed by atoms with Crippen LogP contribution < -0.4 is 0 Å². The van der Waals surface area contributed by atoms with Gasteiger partial charge in [0, 0.05) is 36.4 Å². The van der Waals surface area contributed by atoms with Crippen molar-refractivity contribution in [2.24, 2.45) is 0 Å². The molecule has 0 aliphatic carbocycles. The van der Waals surface area contributed by atoms with Crippen molar-refractivity contribution in [1.29, 1.82) is 0 Å². The topological polar surface area (TPSA) is 87.2 Å². The van der Waals surface area contributed by atoms with Gasteiger partial charge in [-0.25, -0.2) is 9.18 Å². The van der Waals surface area contributed by atoms with Gasteiger partial charge in [0.2, 0.25) is 5.91 Å². The normalized spacial score (nSPS) is 20.5. The van der Waals surface area contributed by atoms with Crippen molar-refractivity contribution in [3.63, 3.8) is 0 Å². The molecule has 0 saturated carbocycles. The van der Waals surface area contributed by atoms with E-state index in [1.807, 2.05) is 17.5 Å². The van der Waals surface area contributed by atoms with Crippen molar-refractivity contribution >= 4 is 29.1 Å². The van der Waals surface area contributed by atoms with Crippen molar-refractivity contribution < 1.29 is 28.6 Å². The van der Waals surface area contributed by atoms with Crippen LogP contribution >= 0.6 is 11.3 Å². The summed E-state index contributed by atoms with van der Waals surface area (Å²) in [6.07, 6.45) is 0.960. The monoisotopic (exact) mass is 432 g/mol. The second-order valence-corrected chi connectivity index (χ2v) is 8.46. The number of benzene rings is 1. The van der Waals surface area contributed by atoms with Crippen LogP contribution in [0.25, 0.3) is 0 Å². The molecule has 2 aromatic rings. The molecule has 0 bridgehead atoms. The number of carboxylic acids is 1. The summed E-state index contributed by atoms with van der Waals surface area (Å²) in [7, 11) is 0. The maximum absolute atomic E-state index is 13.3. The number of carbonyl (C=O) groups excluding carboxylic acids is 2. The number of carboxylic acid groups (broad SMARTS) is 1. The SMILES string of the molecule is O=C(O)C1COC2(CCN(C(=O)Cc3cccs3)CC2)N1C(=O)c1ccc(F)cc1. The minimum Gasteiger partial charge on any atom is -0.480 e. The quantitative estimate of drug-likeness (QED) is 0.802. The number of likely N-dealkylation sites (tertiary alicyclic amines) is 1. The average molecular weight is 432 g/mol. The Morgan fingerprint density at radius 3 is 2.47 bits per heavy atom. The van der Waals surface area contributed by atoms with E-state index in [-0.39, 0.29) is 18.1 Å². The van der Waals surface area contributed by atoms with Gasteiger partial charge < -0.3 is 14.7 Å². The highest BCUT2D eigenvalue weighted by Crippen LogP contribution is 2.38. The largest absolute Gasteiger partial charge is 0.480 e. The molecule has 1 spiro atoms. The molecule has 0 radical (unpaired) electrons. The first-order valence-electron chi connectivity index (χ1n) is 9.66. The third-order valence-corrected chi connectivity index (χ3v) is 6.53. The molecule has 158 valence electrons. The molecule has 4 rings (SSSR count). The fraction of sp³-hybridized carbons (Fsp3) is 0.381. The standard InChI is InChI=1S/C21H21FN2O5S/c22-15-5-3-14(4-6-15)19(26)24-17(20(27)28)13-29-21(24)7-9-23(10-8-21)18(25)12-16-2-1-11-30-16/h1-6,11,17H,7-10,12-13H2,(H,27,28). The summed E-state index contributed by atoms with van der Waals surface area (Å²) in [5.41, 5.74) is -0.891. The summed E-state index contributed by atoms with van der Waals surface area (Å²) in [4.78, 5) is 41.5. The average Bonchev–Trinajstić information content (AvgIpc) is 3.37. The highest BCUT2D eigenvalue weighted by molar-refractivity contribution is 7.10. The van der Waals surface area contributed by atoms with Gasteiger partial charge in [0.15, 0.2) is 6.04 Å². The maximum Gasteiger partial charge on any atom is 0.328 e. The third kappa shape index (κ3) is 3.82. The van der Waals surface area contributed by atoms with E-state index < -0.39 is 29.5 Å². The van der Waals surface area contributed by atoms with Gasteiger partial charge in [-0.15, -0.1) is 11.3 Å². The van der Waals surface area contributed by atoms with E-state index in [0.29, 0.717) is 32.4 Å². The number of halogens is 1. The van der Waals surface area contributed by atoms with Crippen LogP contribution in [0.4, 0.5) is 4.39 Å². The zero-order valence-electron chi connectivity index (χ0n) is 16.1. The molecular weight excluding hydrogens is 411 g/mol. The first-order chi connectivity index (χ1) is 14.4. The Labute approximate surface area is 176 Å². The summed E-state index contributed by atoms with van der Waals surface area (Å²) < 4.78 is 19.1. The Morgan fingerprint density at radius 1 is 1.17 bits per heavy atom. The van der Waals surface area contributed by atoms with E-state index in [0.717, 1.165) is 4.88 Å². The summed E-state index contributed by atoms with van der Waals surface area (Å²) >= 11 is 1.52. The van der Waals surface area contributed by atoms with Crippen LogP contribution in [0.15, 0.2) is 41.8 Å². The minimum atomic E-state index is -1.15. The number of hydrogen-bond acceptors (Lipinski definition) is 5. The van der Waals surface area contributed by atoms with E-state index in [1.165, 1.54) is 40.5 Å². The van der Waals surface area contributed by atoms with Gasteiger partial charge in [-0.2, -0.15) is 0 Å². The van der Waals surface area contributed by atoms with E-state index in [2.05, 4.69) is 0 Å². The number of amides is 2. The van der Waals surface area contributed by atoms with Crippen molar-refractivity contribution in [2.45, 2.75) is 31.0 Å². The molecule has 9 heteroatoms. The summed E-state index contributed by atoms with van der Waals surface area (Å²) in [6.45, 7) is 0.610. The molecule has 2 amide bonds. The maximum atomic E-state index is 13.3. The van der Waals surface area contributed by atoms with Crippen LogP contribution in [0, 0.1) is 5.82 Å². The molecule has 1 atom stereocenters. The number of ether oxygens (including phenoxy) is 1. The highest BCUT2D eigenvalue weighted by Gasteiger charge is 2.54. The molecule has 1 unspecified atom stereocenters. The Kier molecular flexibility index (Phi) is 5.57. The number of hydrogen-bond donors (Lipinski definition) is 1. The highest BCUT2D eigenvalue weighted by atomic mass is 32.1. The van der Waals surface area contributed by atoms with Crippen LogP contribution in [0.3, 0.4) is 0 Å². The molecule has 2 aliphatic rings. The predicted molar refractivity (Wildman–Crippen MR) is 107 cm³/mol. The van der Waals surface area contributed by atoms with Gasteiger partial charge >= 0.3 is 5.97 Å². The van der Waals surface area contributed by atoms with E-state index in [9.17, 15) is 23.9 Å². The summed E-state index contributed by atoms with van der Waals surface area (Å²) in [5, 5.41) is 11.5. The third-order valence-electron chi connectivity index (χ3n) is 5.66. The number of rotatable bonds is 4. The lowest BCUT2D eigenvalue weighted by Gasteiger charge is -2.44. The van der Waals surface area contributed by atoms with Crippen LogP contribution in [-0.4, -0.2) is 64.2 Å². The molecule has 7 nitrogen and oxygen atoms in total. The zero-order valence-corrected chi connectivity index (χ0v) is 16.9. The Balaban J connectivity index is 1.51. The molecular formula is C21H21FN2O5S. The molecule has 3 heterocycles. The lowest BCUT2D eigenvalue weighted by molar-refractivity contribution is -0.147. The predicted octanol–water partition coefficient (Wildman–Crippen LogP) is 2.37. The van der Waals surface area contributed by atoms with Crippen molar-refractivity contribution in [2.75, 3.05) is 19.7 Å². The molecule has 2 saturated heterocycles. The smallest absolute Gasteiger partial charge is 0.328 e. The van der Waals surface area contributed by atoms with Crippen molar-refractivity contribution in [3.8, 4) is 0 Å². The number of nitrogens with zero attached hydrogens (tertiary/aromatic N) is 2. The summed E-state index contributed by atoms with van der Waals surface area (Å²) in [5.74, 6) is -2.15. The van der Waals surface area contributed by atoms with E-state index >= 15 is 0 Å². The van der Waals surface area contributed by atoms with Gasteiger partial charge in [-0.05, 0) is 35.7 Å². The van der Waals surface area contributed by atoms with Crippen LogP contribution in [0.2, 0.25) is 0 Å². The van der Waals surface area contributed by atoms with Crippen LogP contribution in [0.5, 0.6) is 0 Å². The van der Waals surface area contributed by atoms with Crippen molar-refractivity contribution in [1.82, 2.24) is 9.80 Å². The van der Waals surface area contributed by atoms with E-state index in [1.54, 1.807) is 4.90 Å². The van der Waals surface area contributed by atoms with Crippen LogP contribution in [0.1, 0.15) is 28.1 Å². The Hall–Kier alpha value is -2.78. The zero-order chi connectivity index (χ0) is 21.3. The number of piperidine rings is 1. The number of carbonyl (C=O) groups is 3. The first-order valence-corrected chi connectivity index (χ1v) is 10.5. The van der Waals surface area contributed by atoms with Gasteiger partial charge in [0.25, 0.3) is 5.91 Å². The van der Waals surface area contributed by atoms with Crippen LogP contribution in [-0.2, 0) is 20.7 Å². The molecule has 30 heavy (non-hydrogen) atoms. The van der Waals surface area contributed by atoms with Gasteiger partial charge in [0.1, 0.15) is 11.5 Å². The lowest BCUT2D eigenvalue weighted by atomic mass is 9.96. The first kappa shape index (κ1) is 20.5. The molecule has 1 N–H and O–H groups in total. The second kappa shape index (κ2) is 8.16. The van der Waals surface area contributed by atoms with Gasteiger partial charge in [-0.3, -0.25) is 14.5 Å². The minimum absolute atomic E-state index is 0.00325. The second-order valence-electron chi connectivity index (χ2n) is 7.43. The lowest BCUT2D eigenvalue weighted by Crippen LogP contribution is -2.58. The van der Waals surface area contributed by atoms with Gasteiger partial charge in [-0.1, -0.05) is 6.07 Å². The van der Waals surface area contributed by atoms with E-state index in [4.69, 9.17) is 4.74 Å². The Bertz CT molecular complexity index is 939. The van der Waals surface area contributed by atoms with Crippen molar-refractivity contribution in [3.05, 3.63) is 58.0 Å². The summed E-state index contributed by atoms with van der Waals surface area (Å²) in [6, 6.07) is 7.68.